The maximum absolute atomic E-state index is 12.2. The van der Waals surface area contributed by atoms with Crippen LogP contribution in [-0.4, -0.2) is 40.0 Å². The summed E-state index contributed by atoms with van der Waals surface area (Å²) in [5, 5.41) is 3.16. The molecule has 1 fully saturated rings. The quantitative estimate of drug-likeness (QED) is 0.885. The Kier molecular flexibility index (Phi) is 3.72. The summed E-state index contributed by atoms with van der Waals surface area (Å²) in [5.41, 5.74) is 1.99. The lowest BCUT2D eigenvalue weighted by atomic mass is 10.1. The summed E-state index contributed by atoms with van der Waals surface area (Å²) in [5.74, 6) is 0.0545. The van der Waals surface area contributed by atoms with Crippen molar-refractivity contribution in [1.82, 2.24) is 14.8 Å². The van der Waals surface area contributed by atoms with E-state index in [4.69, 9.17) is 0 Å². The number of hydrogen-bond donors (Lipinski definition) is 1. The van der Waals surface area contributed by atoms with E-state index in [1.807, 2.05) is 30.8 Å². The molecule has 0 spiro atoms. The fourth-order valence-electron chi connectivity index (χ4n) is 2.60. The molecule has 0 saturated carbocycles. The number of amides is 1. The highest BCUT2D eigenvalue weighted by molar-refractivity contribution is 5.95. The first-order valence-corrected chi connectivity index (χ1v) is 6.97. The largest absolute Gasteiger partial charge is 0.354 e. The molecule has 0 radical (unpaired) electrons. The summed E-state index contributed by atoms with van der Waals surface area (Å²) in [6.07, 6.45) is 2.97. The number of likely N-dealkylation sites (tertiary alicyclic amines) is 1. The van der Waals surface area contributed by atoms with E-state index < -0.39 is 0 Å². The van der Waals surface area contributed by atoms with E-state index in [1.165, 1.54) is 0 Å². The highest BCUT2D eigenvalue weighted by Gasteiger charge is 2.31. The number of carbonyl (C=O) groups is 1. The van der Waals surface area contributed by atoms with E-state index in [2.05, 4.69) is 31.0 Å². The summed E-state index contributed by atoms with van der Waals surface area (Å²) in [4.78, 5) is 14.7. The van der Waals surface area contributed by atoms with Crippen molar-refractivity contribution in [2.45, 2.75) is 45.7 Å². The number of nitrogens with zero attached hydrogens (tertiary/aromatic N) is 2. The lowest BCUT2D eigenvalue weighted by Gasteiger charge is -2.31. The molecule has 1 N–H and O–H groups in total. The molecular formula is C15H25N3O. The van der Waals surface area contributed by atoms with Crippen molar-refractivity contribution in [3.05, 3.63) is 23.5 Å². The van der Waals surface area contributed by atoms with E-state index >= 15 is 0 Å². The van der Waals surface area contributed by atoms with Crippen LogP contribution in [0.2, 0.25) is 0 Å². The molecule has 1 aliphatic heterocycles. The first kappa shape index (κ1) is 14.1. The molecule has 1 atom stereocenters. The van der Waals surface area contributed by atoms with Gasteiger partial charge in [0, 0.05) is 43.6 Å². The maximum atomic E-state index is 12.2. The van der Waals surface area contributed by atoms with Gasteiger partial charge in [-0.25, -0.2) is 0 Å². The van der Waals surface area contributed by atoms with Gasteiger partial charge in [-0.15, -0.1) is 0 Å². The van der Waals surface area contributed by atoms with Crippen molar-refractivity contribution in [2.24, 2.45) is 7.05 Å². The van der Waals surface area contributed by atoms with Crippen molar-refractivity contribution in [1.29, 1.82) is 0 Å². The number of aryl methyl sites for hydroxylation is 1. The number of hydrogen-bond acceptors (Lipinski definition) is 2. The Bertz CT molecular complexity index is 470. The zero-order valence-corrected chi connectivity index (χ0v) is 12.7. The Balaban J connectivity index is 1.96. The molecule has 0 aromatic carbocycles. The molecule has 2 rings (SSSR count). The lowest BCUT2D eigenvalue weighted by molar-refractivity contribution is 0.0931. The predicted octanol–water partition coefficient (Wildman–Crippen LogP) is 1.94. The van der Waals surface area contributed by atoms with E-state index in [0.717, 1.165) is 30.8 Å². The van der Waals surface area contributed by atoms with Crippen LogP contribution in [0.5, 0.6) is 0 Å². The van der Waals surface area contributed by atoms with Crippen LogP contribution in [-0.2, 0) is 7.05 Å². The molecule has 106 valence electrons. The molecule has 2 heterocycles. The van der Waals surface area contributed by atoms with Crippen molar-refractivity contribution >= 4 is 5.91 Å². The Hall–Kier alpha value is -1.29. The predicted molar refractivity (Wildman–Crippen MR) is 77.3 cm³/mol. The van der Waals surface area contributed by atoms with Gasteiger partial charge in [0.25, 0.3) is 5.91 Å². The zero-order chi connectivity index (χ0) is 14.2. The molecule has 1 amide bonds. The van der Waals surface area contributed by atoms with Gasteiger partial charge in [0.1, 0.15) is 0 Å². The van der Waals surface area contributed by atoms with Crippen LogP contribution in [0.25, 0.3) is 0 Å². The molecule has 1 saturated heterocycles. The van der Waals surface area contributed by atoms with Gasteiger partial charge in [0.15, 0.2) is 0 Å². The number of carbonyl (C=O) groups excluding carboxylic acids is 1. The second-order valence-electron chi connectivity index (χ2n) is 6.50. The zero-order valence-electron chi connectivity index (χ0n) is 12.7. The normalized spacial score (nSPS) is 20.8. The molecule has 0 aliphatic carbocycles. The second-order valence-corrected chi connectivity index (χ2v) is 6.50. The summed E-state index contributed by atoms with van der Waals surface area (Å²) >= 11 is 0. The second kappa shape index (κ2) is 5.00. The van der Waals surface area contributed by atoms with Gasteiger partial charge in [0.2, 0.25) is 0 Å². The van der Waals surface area contributed by atoms with E-state index in [-0.39, 0.29) is 17.5 Å². The maximum Gasteiger partial charge on any atom is 0.253 e. The lowest BCUT2D eigenvalue weighted by Crippen LogP contribution is -2.43. The minimum atomic E-state index is 0.0545. The molecule has 1 unspecified atom stereocenters. The van der Waals surface area contributed by atoms with Gasteiger partial charge < -0.3 is 9.88 Å². The van der Waals surface area contributed by atoms with Crippen LogP contribution < -0.4 is 5.32 Å². The first-order valence-electron chi connectivity index (χ1n) is 6.97. The van der Waals surface area contributed by atoms with Crippen molar-refractivity contribution in [2.75, 3.05) is 13.1 Å². The number of rotatable bonds is 2. The number of nitrogens with one attached hydrogen (secondary N) is 1. The topological polar surface area (TPSA) is 37.3 Å². The molecule has 1 aliphatic rings. The molecule has 1 aromatic heterocycles. The minimum Gasteiger partial charge on any atom is -0.354 e. The van der Waals surface area contributed by atoms with E-state index in [9.17, 15) is 4.79 Å². The Morgan fingerprint density at radius 2 is 2.11 bits per heavy atom. The molecular weight excluding hydrogens is 238 g/mol. The molecule has 0 bridgehead atoms. The van der Waals surface area contributed by atoms with Crippen molar-refractivity contribution < 1.29 is 4.79 Å². The van der Waals surface area contributed by atoms with E-state index in [1.54, 1.807) is 0 Å². The summed E-state index contributed by atoms with van der Waals surface area (Å²) in [6.45, 7) is 10.6. The van der Waals surface area contributed by atoms with Crippen LogP contribution >= 0.6 is 0 Å². The summed E-state index contributed by atoms with van der Waals surface area (Å²) < 4.78 is 1.98. The molecule has 4 heteroatoms. The van der Waals surface area contributed by atoms with Crippen LogP contribution in [0.3, 0.4) is 0 Å². The summed E-state index contributed by atoms with van der Waals surface area (Å²) in [7, 11) is 1.96. The van der Waals surface area contributed by atoms with Crippen molar-refractivity contribution in [3.63, 3.8) is 0 Å². The Morgan fingerprint density at radius 1 is 1.42 bits per heavy atom. The van der Waals surface area contributed by atoms with Gasteiger partial charge in [-0.2, -0.15) is 0 Å². The van der Waals surface area contributed by atoms with Gasteiger partial charge in [-0.1, -0.05) is 0 Å². The molecule has 19 heavy (non-hydrogen) atoms. The smallest absolute Gasteiger partial charge is 0.253 e. The Morgan fingerprint density at radius 3 is 2.58 bits per heavy atom. The van der Waals surface area contributed by atoms with E-state index in [0.29, 0.717) is 0 Å². The monoisotopic (exact) mass is 263 g/mol. The fraction of sp³-hybridized carbons (Fsp3) is 0.667. The van der Waals surface area contributed by atoms with Crippen LogP contribution in [0.15, 0.2) is 12.3 Å². The van der Waals surface area contributed by atoms with Gasteiger partial charge in [0.05, 0.1) is 5.56 Å². The SMILES string of the molecule is Cc1c(C(=O)NC2CCN(C(C)(C)C)C2)ccn1C. The first-order chi connectivity index (χ1) is 8.79. The van der Waals surface area contributed by atoms with Gasteiger partial charge in [-0.3, -0.25) is 9.69 Å². The molecule has 1 aromatic rings. The third-order valence-electron chi connectivity index (χ3n) is 4.10. The van der Waals surface area contributed by atoms with Crippen LogP contribution in [0.1, 0.15) is 43.2 Å². The number of aromatic nitrogens is 1. The average Bonchev–Trinajstić information content (AvgIpc) is 2.87. The minimum absolute atomic E-state index is 0.0545. The average molecular weight is 263 g/mol. The van der Waals surface area contributed by atoms with Crippen molar-refractivity contribution in [3.8, 4) is 0 Å². The highest BCUT2D eigenvalue weighted by atomic mass is 16.1. The molecule has 4 nitrogen and oxygen atoms in total. The third-order valence-corrected chi connectivity index (χ3v) is 4.10. The van der Waals surface area contributed by atoms with Gasteiger partial charge in [-0.05, 0) is 40.2 Å². The highest BCUT2D eigenvalue weighted by Crippen LogP contribution is 2.20. The summed E-state index contributed by atoms with van der Waals surface area (Å²) in [6, 6.07) is 2.16. The van der Waals surface area contributed by atoms with Gasteiger partial charge >= 0.3 is 0 Å². The fourth-order valence-corrected chi connectivity index (χ4v) is 2.60. The van der Waals surface area contributed by atoms with Crippen LogP contribution in [0, 0.1) is 6.92 Å². The standard InChI is InChI=1S/C15H25N3O/c1-11-13(7-8-17(11)5)14(19)16-12-6-9-18(10-12)15(2,3)4/h7-8,12H,6,9-10H2,1-5H3,(H,16,19). The van der Waals surface area contributed by atoms with Crippen LogP contribution in [0.4, 0.5) is 0 Å². The Labute approximate surface area is 115 Å². The third kappa shape index (κ3) is 3.00.